The van der Waals surface area contributed by atoms with Gasteiger partial charge in [-0.15, -0.1) is 0 Å². The van der Waals surface area contributed by atoms with Crippen molar-refractivity contribution in [1.82, 2.24) is 0 Å². The maximum Gasteiger partial charge on any atom is 0.339 e. The Bertz CT molecular complexity index is 386. The Labute approximate surface area is 93.7 Å². The molecule has 0 amide bonds. The summed E-state index contributed by atoms with van der Waals surface area (Å²) >= 11 is 1.90. The van der Waals surface area contributed by atoms with Crippen molar-refractivity contribution in [3.63, 3.8) is 0 Å². The quantitative estimate of drug-likeness (QED) is 0.506. The molecule has 14 heavy (non-hydrogen) atoms. The topological polar surface area (TPSA) is 74.6 Å². The van der Waals surface area contributed by atoms with E-state index in [0.717, 1.165) is 0 Å². The van der Waals surface area contributed by atoms with Gasteiger partial charge in [0.15, 0.2) is 5.78 Å². The summed E-state index contributed by atoms with van der Waals surface area (Å²) < 4.78 is 0.295. The minimum atomic E-state index is -1.21. The zero-order chi connectivity index (χ0) is 10.7. The number of aromatic carboxylic acids is 1. The van der Waals surface area contributed by atoms with E-state index in [1.807, 2.05) is 22.6 Å². The minimum absolute atomic E-state index is 0.141. The first-order chi connectivity index (χ1) is 6.56. The van der Waals surface area contributed by atoms with Crippen LogP contribution < -0.4 is 0 Å². The fraction of sp³-hybridized carbons (Fsp3) is 0.111. The molecule has 0 spiro atoms. The van der Waals surface area contributed by atoms with Crippen molar-refractivity contribution >= 4 is 34.3 Å². The van der Waals surface area contributed by atoms with Gasteiger partial charge in [0.25, 0.3) is 0 Å². The second kappa shape index (κ2) is 4.41. The molecular formula is C9H7IO4. The van der Waals surface area contributed by atoms with Crippen LogP contribution in [-0.2, 0) is 0 Å². The molecule has 0 aliphatic carbocycles. The SMILES string of the molecule is O=C(CI)c1ccc(C(=O)O)c(O)c1. The first kappa shape index (κ1) is 11.0. The molecule has 74 valence electrons. The van der Waals surface area contributed by atoms with E-state index in [0.29, 0.717) is 9.99 Å². The van der Waals surface area contributed by atoms with Crippen molar-refractivity contribution in [1.29, 1.82) is 0 Å². The van der Waals surface area contributed by atoms with Crippen molar-refractivity contribution in [2.45, 2.75) is 0 Å². The zero-order valence-corrected chi connectivity index (χ0v) is 9.19. The van der Waals surface area contributed by atoms with Crippen molar-refractivity contribution in [3.8, 4) is 5.75 Å². The lowest BCUT2D eigenvalue weighted by atomic mass is 10.1. The number of carbonyl (C=O) groups is 2. The van der Waals surface area contributed by atoms with Crippen molar-refractivity contribution < 1.29 is 19.8 Å². The van der Waals surface area contributed by atoms with Crippen molar-refractivity contribution in [3.05, 3.63) is 29.3 Å². The molecule has 0 saturated heterocycles. The third-order valence-corrected chi connectivity index (χ3v) is 2.36. The van der Waals surface area contributed by atoms with Gasteiger partial charge >= 0.3 is 5.97 Å². The number of ketones is 1. The number of Topliss-reactive ketones (excluding diaryl/α,β-unsaturated/α-hetero) is 1. The maximum atomic E-state index is 11.2. The van der Waals surface area contributed by atoms with Gasteiger partial charge in [0.1, 0.15) is 11.3 Å². The highest BCUT2D eigenvalue weighted by Crippen LogP contribution is 2.19. The average molecular weight is 306 g/mol. The van der Waals surface area contributed by atoms with Crippen LogP contribution in [0, 0.1) is 0 Å². The number of rotatable bonds is 3. The Balaban J connectivity index is 3.12. The summed E-state index contributed by atoms with van der Waals surface area (Å²) in [7, 11) is 0. The first-order valence-electron chi connectivity index (χ1n) is 3.71. The van der Waals surface area contributed by atoms with Crippen LogP contribution in [0.5, 0.6) is 5.75 Å². The van der Waals surface area contributed by atoms with Gasteiger partial charge in [0.2, 0.25) is 0 Å². The number of carboxylic acids is 1. The standard InChI is InChI=1S/C9H7IO4/c10-4-8(12)5-1-2-6(9(13)14)7(11)3-5/h1-3,11H,4H2,(H,13,14). The number of hydrogen-bond donors (Lipinski definition) is 2. The number of carbonyl (C=O) groups excluding carboxylic acids is 1. The summed E-state index contributed by atoms with van der Waals surface area (Å²) in [6.07, 6.45) is 0. The predicted molar refractivity (Wildman–Crippen MR) is 58.3 cm³/mol. The summed E-state index contributed by atoms with van der Waals surface area (Å²) in [5.41, 5.74) is 0.122. The van der Waals surface area contributed by atoms with Crippen molar-refractivity contribution in [2.24, 2.45) is 0 Å². The Kier molecular flexibility index (Phi) is 3.45. The van der Waals surface area contributed by atoms with Crippen LogP contribution in [0.2, 0.25) is 0 Å². The Morgan fingerprint density at radius 1 is 1.36 bits per heavy atom. The van der Waals surface area contributed by atoms with Gasteiger partial charge in [-0.2, -0.15) is 0 Å². The first-order valence-corrected chi connectivity index (χ1v) is 5.24. The number of aromatic hydroxyl groups is 1. The van der Waals surface area contributed by atoms with Crippen LogP contribution in [0.25, 0.3) is 0 Å². The highest BCUT2D eigenvalue weighted by Gasteiger charge is 2.12. The molecule has 4 nitrogen and oxygen atoms in total. The number of benzene rings is 1. The number of alkyl halides is 1. The molecule has 0 aliphatic rings. The molecular weight excluding hydrogens is 299 g/mol. The van der Waals surface area contributed by atoms with Crippen LogP contribution in [-0.4, -0.2) is 26.4 Å². The van der Waals surface area contributed by atoms with E-state index in [2.05, 4.69) is 0 Å². The summed E-state index contributed by atoms with van der Waals surface area (Å²) in [5, 5.41) is 17.9. The van der Waals surface area contributed by atoms with E-state index in [9.17, 15) is 14.7 Å². The Morgan fingerprint density at radius 2 is 2.00 bits per heavy atom. The van der Waals surface area contributed by atoms with Crippen LogP contribution >= 0.6 is 22.6 Å². The smallest absolute Gasteiger partial charge is 0.339 e. The lowest BCUT2D eigenvalue weighted by Gasteiger charge is -2.01. The maximum absolute atomic E-state index is 11.2. The predicted octanol–water partition coefficient (Wildman–Crippen LogP) is 1.71. The molecule has 0 aromatic heterocycles. The molecule has 0 unspecified atom stereocenters. The van der Waals surface area contributed by atoms with E-state index in [4.69, 9.17) is 5.11 Å². The van der Waals surface area contributed by atoms with E-state index in [1.54, 1.807) is 0 Å². The molecule has 5 heteroatoms. The third-order valence-electron chi connectivity index (χ3n) is 1.67. The van der Waals surface area contributed by atoms with E-state index in [-0.39, 0.29) is 17.1 Å². The van der Waals surface area contributed by atoms with Gasteiger partial charge in [-0.25, -0.2) is 4.79 Å². The molecule has 0 heterocycles. The number of hydrogen-bond acceptors (Lipinski definition) is 3. The lowest BCUT2D eigenvalue weighted by Crippen LogP contribution is -2.02. The molecule has 2 N–H and O–H groups in total. The molecule has 1 rings (SSSR count). The zero-order valence-electron chi connectivity index (χ0n) is 7.03. The largest absolute Gasteiger partial charge is 0.507 e. The number of carboxylic acid groups (broad SMARTS) is 1. The normalized spacial score (nSPS) is 9.79. The van der Waals surface area contributed by atoms with E-state index >= 15 is 0 Å². The van der Waals surface area contributed by atoms with E-state index < -0.39 is 5.97 Å². The average Bonchev–Trinajstić information content (AvgIpc) is 2.15. The minimum Gasteiger partial charge on any atom is -0.507 e. The second-order valence-electron chi connectivity index (χ2n) is 2.59. The van der Waals surface area contributed by atoms with E-state index in [1.165, 1.54) is 18.2 Å². The molecule has 0 radical (unpaired) electrons. The molecule has 0 atom stereocenters. The van der Waals surface area contributed by atoms with Gasteiger partial charge in [0, 0.05) is 5.56 Å². The fourth-order valence-electron chi connectivity index (χ4n) is 0.963. The van der Waals surface area contributed by atoms with Gasteiger partial charge in [0.05, 0.1) is 4.43 Å². The van der Waals surface area contributed by atoms with Gasteiger partial charge in [-0.3, -0.25) is 4.79 Å². The monoisotopic (exact) mass is 306 g/mol. The number of phenols is 1. The highest BCUT2D eigenvalue weighted by atomic mass is 127. The molecule has 0 bridgehead atoms. The Morgan fingerprint density at radius 3 is 2.43 bits per heavy atom. The summed E-state index contributed by atoms with van der Waals surface area (Å²) in [4.78, 5) is 21.7. The number of halogens is 1. The fourth-order valence-corrected chi connectivity index (χ4v) is 1.40. The van der Waals surface area contributed by atoms with Crippen LogP contribution in [0.1, 0.15) is 20.7 Å². The third kappa shape index (κ3) is 2.22. The molecule has 0 saturated carbocycles. The second-order valence-corrected chi connectivity index (χ2v) is 3.36. The molecule has 0 fully saturated rings. The summed E-state index contributed by atoms with van der Waals surface area (Å²) in [5.74, 6) is -1.73. The van der Waals surface area contributed by atoms with Gasteiger partial charge in [-0.1, -0.05) is 28.7 Å². The van der Waals surface area contributed by atoms with Crippen LogP contribution in [0.4, 0.5) is 0 Å². The molecule has 1 aromatic rings. The molecule has 1 aromatic carbocycles. The van der Waals surface area contributed by atoms with Crippen molar-refractivity contribution in [2.75, 3.05) is 4.43 Å². The Hall–Kier alpha value is -1.11. The van der Waals surface area contributed by atoms with Crippen LogP contribution in [0.3, 0.4) is 0 Å². The summed E-state index contributed by atoms with van der Waals surface area (Å²) in [6.45, 7) is 0. The van der Waals surface area contributed by atoms with Gasteiger partial charge in [-0.05, 0) is 12.1 Å². The lowest BCUT2D eigenvalue weighted by molar-refractivity contribution is 0.0693. The van der Waals surface area contributed by atoms with Gasteiger partial charge < -0.3 is 10.2 Å². The highest BCUT2D eigenvalue weighted by molar-refractivity contribution is 14.1. The van der Waals surface area contributed by atoms with Crippen LogP contribution in [0.15, 0.2) is 18.2 Å². The summed E-state index contributed by atoms with van der Waals surface area (Å²) in [6, 6.07) is 3.78. The molecule has 0 aliphatic heterocycles.